The highest BCUT2D eigenvalue weighted by atomic mass is 32.2. The van der Waals surface area contributed by atoms with Crippen molar-refractivity contribution in [2.45, 2.75) is 48.6 Å². The molecule has 0 N–H and O–H groups in total. The summed E-state index contributed by atoms with van der Waals surface area (Å²) >= 11 is 0. The van der Waals surface area contributed by atoms with Gasteiger partial charge in [0.15, 0.2) is 0 Å². The number of hydrogen-bond acceptors (Lipinski definition) is 8. The molecule has 8 rings (SSSR count). The maximum atomic E-state index is 13.8. The number of carbonyl (C=O) groups excluding carboxylic acids is 2. The van der Waals surface area contributed by atoms with Gasteiger partial charge in [-0.3, -0.25) is 13.4 Å². The molecule has 3 aliphatic heterocycles. The van der Waals surface area contributed by atoms with Crippen molar-refractivity contribution < 1.29 is 31.2 Å². The van der Waals surface area contributed by atoms with Gasteiger partial charge in [-0.25, -0.2) is 21.6 Å². The number of sulfonamides is 2. The second-order valence-corrected chi connectivity index (χ2v) is 17.8. The van der Waals surface area contributed by atoms with E-state index < -0.39 is 26.0 Å². The molecule has 5 aromatic rings. The summed E-state index contributed by atoms with van der Waals surface area (Å²) in [7, 11) is -7.81. The summed E-state index contributed by atoms with van der Waals surface area (Å²) in [6.45, 7) is 5.72. The van der Waals surface area contributed by atoms with E-state index in [-0.39, 0.29) is 33.3 Å². The molecule has 0 radical (unpaired) electrons. The van der Waals surface area contributed by atoms with Crippen molar-refractivity contribution in [1.29, 1.82) is 0 Å². The third-order valence-electron chi connectivity index (χ3n) is 10.5. The SMILES string of the molecule is C[C@@H]1Cc2ccccc2N1S(=O)(=O)c1cccc(C(=O)Oc2ccc(N3CCN(C(=O)c4cccc(S(=O)(=O)N5c6ccccc6C[C@@H]5C)c4)CC3)cc2)c1. The normalized spacial score (nSPS) is 18.2. The number of nitrogens with zero attached hydrogens (tertiary/aromatic N) is 4. The van der Waals surface area contributed by atoms with Crippen LogP contribution in [0.15, 0.2) is 131 Å². The van der Waals surface area contributed by atoms with Gasteiger partial charge in [0.2, 0.25) is 0 Å². The van der Waals surface area contributed by atoms with Crippen LogP contribution >= 0.6 is 0 Å². The average molecular weight is 777 g/mol. The third kappa shape index (κ3) is 6.71. The fourth-order valence-corrected chi connectivity index (χ4v) is 11.3. The smallest absolute Gasteiger partial charge is 0.343 e. The van der Waals surface area contributed by atoms with Crippen molar-refractivity contribution in [3.8, 4) is 5.75 Å². The molecule has 2 atom stereocenters. The quantitative estimate of drug-likeness (QED) is 0.136. The van der Waals surface area contributed by atoms with Gasteiger partial charge in [-0.1, -0.05) is 48.5 Å². The highest BCUT2D eigenvalue weighted by Crippen LogP contribution is 2.38. The molecule has 5 aromatic carbocycles. The summed E-state index contributed by atoms with van der Waals surface area (Å²) in [6, 6.07) is 33.6. The van der Waals surface area contributed by atoms with E-state index >= 15 is 0 Å². The average Bonchev–Trinajstić information content (AvgIpc) is 3.74. The summed E-state index contributed by atoms with van der Waals surface area (Å²) < 4.78 is 63.5. The third-order valence-corrected chi connectivity index (χ3v) is 14.4. The maximum absolute atomic E-state index is 13.8. The number of benzene rings is 5. The first kappa shape index (κ1) is 36.3. The number of hydrogen-bond donors (Lipinski definition) is 0. The van der Waals surface area contributed by atoms with Crippen LogP contribution in [0.1, 0.15) is 45.7 Å². The van der Waals surface area contributed by atoms with Gasteiger partial charge in [-0.05, 0) is 111 Å². The van der Waals surface area contributed by atoms with E-state index in [1.807, 2.05) is 68.4 Å². The van der Waals surface area contributed by atoms with Gasteiger partial charge in [0.1, 0.15) is 5.75 Å². The van der Waals surface area contributed by atoms with E-state index in [0.717, 1.165) is 16.8 Å². The van der Waals surface area contributed by atoms with Gasteiger partial charge in [0.25, 0.3) is 26.0 Å². The predicted octanol–water partition coefficient (Wildman–Crippen LogP) is 6.15. The van der Waals surface area contributed by atoms with Crippen LogP contribution in [0.3, 0.4) is 0 Å². The highest BCUT2D eigenvalue weighted by molar-refractivity contribution is 7.93. The molecule has 282 valence electrons. The topological polar surface area (TPSA) is 125 Å². The number of ether oxygens (including phenoxy) is 1. The summed E-state index contributed by atoms with van der Waals surface area (Å²) in [5.74, 6) is -0.603. The first-order valence-corrected chi connectivity index (χ1v) is 21.1. The summed E-state index contributed by atoms with van der Waals surface area (Å²) in [5, 5.41) is 0. The Balaban J connectivity index is 0.889. The van der Waals surface area contributed by atoms with Gasteiger partial charge < -0.3 is 14.5 Å². The lowest BCUT2D eigenvalue weighted by atomic mass is 10.1. The van der Waals surface area contributed by atoms with Crippen molar-refractivity contribution in [3.63, 3.8) is 0 Å². The second-order valence-electron chi connectivity index (χ2n) is 14.2. The fraction of sp³-hybridized carbons (Fsp3) is 0.238. The minimum Gasteiger partial charge on any atom is -0.423 e. The minimum absolute atomic E-state index is 0.0130. The Morgan fingerprint density at radius 1 is 0.582 bits per heavy atom. The van der Waals surface area contributed by atoms with E-state index in [1.165, 1.54) is 45.0 Å². The largest absolute Gasteiger partial charge is 0.423 e. The summed E-state index contributed by atoms with van der Waals surface area (Å²) in [5.41, 5.74) is 4.58. The van der Waals surface area contributed by atoms with Crippen LogP contribution in [0.5, 0.6) is 5.75 Å². The number of fused-ring (bicyclic) bond motifs is 2. The molecule has 0 aromatic heterocycles. The van der Waals surface area contributed by atoms with E-state index in [0.29, 0.717) is 61.7 Å². The number of para-hydroxylation sites is 2. The lowest BCUT2D eigenvalue weighted by molar-refractivity contribution is 0.0731. The molecular formula is C42H40N4O7S2. The molecule has 11 nitrogen and oxygen atoms in total. The zero-order chi connectivity index (χ0) is 38.5. The van der Waals surface area contributed by atoms with E-state index in [2.05, 4.69) is 4.90 Å². The van der Waals surface area contributed by atoms with Crippen LogP contribution in [0.25, 0.3) is 0 Å². The van der Waals surface area contributed by atoms with Crippen LogP contribution < -0.4 is 18.2 Å². The van der Waals surface area contributed by atoms with Gasteiger partial charge >= 0.3 is 5.97 Å². The zero-order valence-electron chi connectivity index (χ0n) is 30.4. The molecule has 0 aliphatic carbocycles. The summed E-state index contributed by atoms with van der Waals surface area (Å²) in [4.78, 5) is 30.7. The lowest BCUT2D eigenvalue weighted by Gasteiger charge is -2.36. The molecule has 3 aliphatic rings. The second kappa shape index (κ2) is 14.2. The van der Waals surface area contributed by atoms with Gasteiger partial charge in [0, 0.05) is 49.5 Å². The number of rotatable bonds is 8. The Kier molecular flexibility index (Phi) is 9.38. The molecule has 0 spiro atoms. The van der Waals surface area contributed by atoms with Crippen LogP contribution in [0.2, 0.25) is 0 Å². The first-order chi connectivity index (χ1) is 26.4. The Morgan fingerprint density at radius 2 is 1.07 bits per heavy atom. The van der Waals surface area contributed by atoms with Crippen LogP contribution in [0, 0.1) is 0 Å². The van der Waals surface area contributed by atoms with Crippen molar-refractivity contribution in [2.75, 3.05) is 39.7 Å². The lowest BCUT2D eigenvalue weighted by Crippen LogP contribution is -2.48. The predicted molar refractivity (Wildman–Crippen MR) is 211 cm³/mol. The zero-order valence-corrected chi connectivity index (χ0v) is 32.0. The summed E-state index contributed by atoms with van der Waals surface area (Å²) in [6.07, 6.45) is 1.24. The van der Waals surface area contributed by atoms with Crippen LogP contribution in [-0.4, -0.2) is 71.9 Å². The number of esters is 1. The maximum Gasteiger partial charge on any atom is 0.343 e. The van der Waals surface area contributed by atoms with Crippen molar-refractivity contribution in [2.24, 2.45) is 0 Å². The van der Waals surface area contributed by atoms with Crippen molar-refractivity contribution in [1.82, 2.24) is 4.90 Å². The van der Waals surface area contributed by atoms with Gasteiger partial charge in [-0.2, -0.15) is 0 Å². The molecule has 1 fully saturated rings. The standard InChI is InChI=1S/C42H40N4O7S2/c1-29-25-31-9-3-5-15-39(31)45(29)54(49,50)37-13-7-11-33(27-37)41(47)44-23-21-43(22-24-44)35-17-19-36(20-18-35)53-42(48)34-12-8-14-38(28-34)55(51,52)46-30(2)26-32-10-4-6-16-40(32)46/h3-20,27-30H,21-26H2,1-2H3/t29-,30+/m0/s1. The number of anilines is 3. The molecule has 55 heavy (non-hydrogen) atoms. The van der Waals surface area contributed by atoms with Crippen molar-refractivity contribution >= 4 is 49.0 Å². The molecule has 13 heteroatoms. The Hall–Kier alpha value is -5.66. The molecule has 3 heterocycles. The number of piperazine rings is 1. The Labute approximate surface area is 321 Å². The van der Waals surface area contributed by atoms with Crippen LogP contribution in [-0.2, 0) is 32.9 Å². The minimum atomic E-state index is -3.93. The molecular weight excluding hydrogens is 737 g/mol. The first-order valence-electron chi connectivity index (χ1n) is 18.2. The fourth-order valence-electron chi connectivity index (χ4n) is 7.85. The van der Waals surface area contributed by atoms with Crippen LogP contribution in [0.4, 0.5) is 17.1 Å². The number of amides is 1. The molecule has 1 amide bonds. The highest BCUT2D eigenvalue weighted by Gasteiger charge is 2.37. The van der Waals surface area contributed by atoms with Gasteiger partial charge in [0.05, 0.1) is 26.7 Å². The van der Waals surface area contributed by atoms with Gasteiger partial charge in [-0.15, -0.1) is 0 Å². The molecule has 0 bridgehead atoms. The van der Waals surface area contributed by atoms with E-state index in [4.69, 9.17) is 4.74 Å². The van der Waals surface area contributed by atoms with Crippen molar-refractivity contribution in [3.05, 3.63) is 144 Å². The molecule has 0 unspecified atom stereocenters. The van der Waals surface area contributed by atoms with E-state index in [1.54, 1.807) is 35.2 Å². The Bertz CT molecular complexity index is 2520. The Morgan fingerprint density at radius 3 is 1.62 bits per heavy atom. The van der Waals surface area contributed by atoms with E-state index in [9.17, 15) is 26.4 Å². The monoisotopic (exact) mass is 776 g/mol. The molecule has 0 saturated carbocycles. The molecule has 1 saturated heterocycles. The number of carbonyl (C=O) groups is 2.